The minimum atomic E-state index is -3.78. The lowest BCUT2D eigenvalue weighted by molar-refractivity contribution is -0.148. The molecule has 0 aliphatic rings. The molecule has 8 heteroatoms. The first-order chi connectivity index (χ1) is 11.7. The van der Waals surface area contributed by atoms with Gasteiger partial charge in [-0.2, -0.15) is 4.31 Å². The van der Waals surface area contributed by atoms with Gasteiger partial charge in [0.15, 0.2) is 6.61 Å². The van der Waals surface area contributed by atoms with Crippen molar-refractivity contribution in [3.63, 3.8) is 0 Å². The molecule has 1 rings (SSSR count). The van der Waals surface area contributed by atoms with Crippen LogP contribution in [0.15, 0.2) is 29.2 Å². The van der Waals surface area contributed by atoms with Crippen molar-refractivity contribution in [1.82, 2.24) is 9.62 Å². The Morgan fingerprint density at radius 1 is 1.24 bits per heavy atom. The molecule has 0 bridgehead atoms. The van der Waals surface area contributed by atoms with Crippen LogP contribution in [0.25, 0.3) is 0 Å². The summed E-state index contributed by atoms with van der Waals surface area (Å²) in [6.45, 7) is 4.83. The topological polar surface area (TPSA) is 92.8 Å². The van der Waals surface area contributed by atoms with Gasteiger partial charge in [0.05, 0.1) is 4.90 Å². The van der Waals surface area contributed by atoms with E-state index in [1.165, 1.54) is 19.2 Å². The third-order valence-corrected chi connectivity index (χ3v) is 5.39. The highest BCUT2D eigenvalue weighted by Crippen LogP contribution is 2.14. The number of hydrogen-bond acceptors (Lipinski definition) is 5. The van der Waals surface area contributed by atoms with Crippen LogP contribution in [0.3, 0.4) is 0 Å². The molecule has 140 valence electrons. The monoisotopic (exact) mass is 370 g/mol. The molecule has 1 aromatic rings. The number of sulfonamides is 1. The quantitative estimate of drug-likeness (QED) is 0.665. The SMILES string of the molecule is CCC[C@@H](C)NC(=O)COC(=O)CN(C)S(=O)(=O)c1ccc(C)cc1. The minimum Gasteiger partial charge on any atom is -0.455 e. The highest BCUT2D eigenvalue weighted by molar-refractivity contribution is 7.89. The minimum absolute atomic E-state index is 0.000732. The zero-order valence-corrected chi connectivity index (χ0v) is 15.9. The van der Waals surface area contributed by atoms with Crippen LogP contribution in [-0.2, 0) is 24.3 Å². The molecule has 7 nitrogen and oxygen atoms in total. The van der Waals surface area contributed by atoms with Crippen molar-refractivity contribution in [3.8, 4) is 0 Å². The first kappa shape index (κ1) is 21.1. The van der Waals surface area contributed by atoms with Crippen molar-refractivity contribution in [2.75, 3.05) is 20.2 Å². The number of carbonyl (C=O) groups is 2. The smallest absolute Gasteiger partial charge is 0.321 e. The molecular weight excluding hydrogens is 344 g/mol. The van der Waals surface area contributed by atoms with E-state index in [-0.39, 0.29) is 10.9 Å². The molecule has 0 heterocycles. The number of aryl methyl sites for hydroxylation is 1. The molecule has 0 aliphatic heterocycles. The number of nitrogens with one attached hydrogen (secondary N) is 1. The van der Waals surface area contributed by atoms with Crippen LogP contribution in [0.2, 0.25) is 0 Å². The van der Waals surface area contributed by atoms with Crippen LogP contribution < -0.4 is 5.32 Å². The molecule has 0 fully saturated rings. The lowest BCUT2D eigenvalue weighted by atomic mass is 10.2. The van der Waals surface area contributed by atoms with Crippen LogP contribution in [0.5, 0.6) is 0 Å². The van der Waals surface area contributed by atoms with Crippen LogP contribution in [0, 0.1) is 6.92 Å². The molecule has 1 N–H and O–H groups in total. The van der Waals surface area contributed by atoms with Crippen LogP contribution in [0.1, 0.15) is 32.3 Å². The highest BCUT2D eigenvalue weighted by atomic mass is 32.2. The van der Waals surface area contributed by atoms with E-state index in [9.17, 15) is 18.0 Å². The predicted octanol–water partition coefficient (Wildman–Crippen LogP) is 1.46. The van der Waals surface area contributed by atoms with Gasteiger partial charge in [-0.05, 0) is 32.4 Å². The maximum atomic E-state index is 12.4. The van der Waals surface area contributed by atoms with E-state index in [1.807, 2.05) is 20.8 Å². The number of amides is 1. The molecule has 0 aromatic heterocycles. The second kappa shape index (κ2) is 9.53. The maximum absolute atomic E-state index is 12.4. The summed E-state index contributed by atoms with van der Waals surface area (Å²) in [6.07, 6.45) is 1.76. The number of carbonyl (C=O) groups excluding carboxylic acids is 2. The Morgan fingerprint density at radius 3 is 2.40 bits per heavy atom. The van der Waals surface area contributed by atoms with E-state index < -0.39 is 35.1 Å². The van der Waals surface area contributed by atoms with Crippen LogP contribution in [0.4, 0.5) is 0 Å². The van der Waals surface area contributed by atoms with E-state index in [4.69, 9.17) is 4.74 Å². The largest absolute Gasteiger partial charge is 0.455 e. The summed E-state index contributed by atoms with van der Waals surface area (Å²) >= 11 is 0. The van der Waals surface area contributed by atoms with E-state index in [0.29, 0.717) is 0 Å². The summed E-state index contributed by atoms with van der Waals surface area (Å²) < 4.78 is 30.5. The van der Waals surface area contributed by atoms with Crippen molar-refractivity contribution in [3.05, 3.63) is 29.8 Å². The molecule has 0 radical (unpaired) electrons. The highest BCUT2D eigenvalue weighted by Gasteiger charge is 2.23. The molecule has 0 spiro atoms. The normalized spacial score (nSPS) is 12.7. The number of hydrogen-bond donors (Lipinski definition) is 1. The molecule has 0 saturated carbocycles. The fourth-order valence-electron chi connectivity index (χ4n) is 2.17. The third kappa shape index (κ3) is 6.83. The number of nitrogens with zero attached hydrogens (tertiary/aromatic N) is 1. The van der Waals surface area contributed by atoms with Gasteiger partial charge in [0.25, 0.3) is 5.91 Å². The van der Waals surface area contributed by atoms with Crippen molar-refractivity contribution < 1.29 is 22.7 Å². The Balaban J connectivity index is 2.53. The first-order valence-electron chi connectivity index (χ1n) is 8.14. The molecular formula is C17H26N2O5S. The molecule has 0 aliphatic carbocycles. The van der Waals surface area contributed by atoms with Crippen LogP contribution >= 0.6 is 0 Å². The third-order valence-electron chi connectivity index (χ3n) is 3.57. The van der Waals surface area contributed by atoms with Gasteiger partial charge in [-0.15, -0.1) is 0 Å². The van der Waals surface area contributed by atoms with Crippen molar-refractivity contribution in [2.45, 2.75) is 44.6 Å². The summed E-state index contributed by atoms with van der Waals surface area (Å²) in [5, 5.41) is 2.70. The average Bonchev–Trinajstić information content (AvgIpc) is 2.53. The van der Waals surface area contributed by atoms with E-state index in [2.05, 4.69) is 5.32 Å². The van der Waals surface area contributed by atoms with Crippen molar-refractivity contribution >= 4 is 21.9 Å². The number of esters is 1. The van der Waals surface area contributed by atoms with Crippen molar-refractivity contribution in [1.29, 1.82) is 0 Å². The van der Waals surface area contributed by atoms with Gasteiger partial charge in [0.2, 0.25) is 10.0 Å². The molecule has 25 heavy (non-hydrogen) atoms. The van der Waals surface area contributed by atoms with Gasteiger partial charge in [-0.25, -0.2) is 8.42 Å². The summed E-state index contributed by atoms with van der Waals surface area (Å²) in [4.78, 5) is 23.5. The Labute approximate surface area is 149 Å². The molecule has 0 unspecified atom stereocenters. The van der Waals surface area contributed by atoms with Gasteiger partial charge in [0, 0.05) is 13.1 Å². The number of benzene rings is 1. The maximum Gasteiger partial charge on any atom is 0.321 e. The van der Waals surface area contributed by atoms with Crippen molar-refractivity contribution in [2.24, 2.45) is 0 Å². The van der Waals surface area contributed by atoms with E-state index in [0.717, 1.165) is 22.7 Å². The summed E-state index contributed by atoms with van der Waals surface area (Å²) in [6, 6.07) is 6.33. The number of ether oxygens (including phenoxy) is 1. The first-order valence-corrected chi connectivity index (χ1v) is 9.58. The Bertz CT molecular complexity index is 685. The van der Waals surface area contributed by atoms with E-state index >= 15 is 0 Å². The standard InChI is InChI=1S/C17H26N2O5S/c1-5-6-14(3)18-16(20)12-24-17(21)11-19(4)25(22,23)15-9-7-13(2)8-10-15/h7-10,14H,5-6,11-12H2,1-4H3,(H,18,20)/t14-/m1/s1. The number of likely N-dealkylation sites (N-methyl/N-ethyl adjacent to an activating group) is 1. The second-order valence-electron chi connectivity index (χ2n) is 5.99. The molecule has 1 atom stereocenters. The van der Waals surface area contributed by atoms with Gasteiger partial charge < -0.3 is 10.1 Å². The van der Waals surface area contributed by atoms with Gasteiger partial charge >= 0.3 is 5.97 Å². The fourth-order valence-corrected chi connectivity index (χ4v) is 3.29. The average molecular weight is 370 g/mol. The fraction of sp³-hybridized carbons (Fsp3) is 0.529. The lowest BCUT2D eigenvalue weighted by Crippen LogP contribution is -2.38. The summed E-state index contributed by atoms with van der Waals surface area (Å²) in [7, 11) is -2.49. The Kier molecular flexibility index (Phi) is 8.05. The van der Waals surface area contributed by atoms with Gasteiger partial charge in [0.1, 0.15) is 6.54 Å². The zero-order chi connectivity index (χ0) is 19.0. The zero-order valence-electron chi connectivity index (χ0n) is 15.1. The summed E-state index contributed by atoms with van der Waals surface area (Å²) in [5.41, 5.74) is 0.935. The molecule has 1 amide bonds. The Morgan fingerprint density at radius 2 is 1.84 bits per heavy atom. The van der Waals surface area contributed by atoms with Gasteiger partial charge in [-0.3, -0.25) is 9.59 Å². The second-order valence-corrected chi connectivity index (χ2v) is 8.04. The van der Waals surface area contributed by atoms with Gasteiger partial charge in [-0.1, -0.05) is 31.0 Å². The predicted molar refractivity (Wildman–Crippen MR) is 94.5 cm³/mol. The van der Waals surface area contributed by atoms with Crippen LogP contribution in [-0.4, -0.2) is 50.8 Å². The summed E-state index contributed by atoms with van der Waals surface area (Å²) in [5.74, 6) is -1.19. The number of rotatable bonds is 9. The Hall–Kier alpha value is -1.93. The molecule has 1 aromatic carbocycles. The molecule has 0 saturated heterocycles. The van der Waals surface area contributed by atoms with E-state index in [1.54, 1.807) is 12.1 Å². The lowest BCUT2D eigenvalue weighted by Gasteiger charge is -2.17.